The number of aryl methyl sites for hydroxylation is 2. The van der Waals surface area contributed by atoms with Crippen LogP contribution in [0.5, 0.6) is 0 Å². The molecule has 0 fully saturated rings. The van der Waals surface area contributed by atoms with E-state index in [4.69, 9.17) is 0 Å². The summed E-state index contributed by atoms with van der Waals surface area (Å²) in [6.07, 6.45) is 2.49. The molecule has 0 amide bonds. The minimum Gasteiger partial charge on any atom is -0.302 e. The van der Waals surface area contributed by atoms with Gasteiger partial charge in [0.05, 0.1) is 17.2 Å². The van der Waals surface area contributed by atoms with E-state index in [1.807, 2.05) is 18.2 Å². The van der Waals surface area contributed by atoms with Crippen LogP contribution >= 0.6 is 0 Å². The van der Waals surface area contributed by atoms with Gasteiger partial charge in [-0.3, -0.25) is 4.79 Å². The lowest BCUT2D eigenvalue weighted by molar-refractivity contribution is 0.842. The van der Waals surface area contributed by atoms with Crippen LogP contribution < -0.4 is 5.56 Å². The van der Waals surface area contributed by atoms with Gasteiger partial charge in [0.1, 0.15) is 0 Å². The molecule has 0 N–H and O–H groups in total. The molecule has 72 valence electrons. The van der Waals surface area contributed by atoms with Crippen molar-refractivity contribution < 1.29 is 0 Å². The molecule has 1 aromatic carbocycles. The Morgan fingerprint density at radius 3 is 2.93 bits per heavy atom. The summed E-state index contributed by atoms with van der Waals surface area (Å²) in [5.74, 6) is 0. The normalized spacial score (nSPS) is 10.7. The summed E-state index contributed by atoms with van der Waals surface area (Å²) in [6, 6.07) is 5.83. The molecular formula is C11H12N2O. The Morgan fingerprint density at radius 2 is 2.21 bits per heavy atom. The average molecular weight is 188 g/mol. The van der Waals surface area contributed by atoms with Crippen LogP contribution in [0.1, 0.15) is 12.5 Å². The predicted molar refractivity (Wildman–Crippen MR) is 56.4 cm³/mol. The van der Waals surface area contributed by atoms with Crippen LogP contribution in [-0.4, -0.2) is 9.55 Å². The first-order valence-corrected chi connectivity index (χ1v) is 4.66. The lowest BCUT2D eigenvalue weighted by atomic mass is 10.1. The Morgan fingerprint density at radius 1 is 1.43 bits per heavy atom. The molecule has 1 heterocycles. The van der Waals surface area contributed by atoms with Crippen LogP contribution in [0.25, 0.3) is 10.9 Å². The summed E-state index contributed by atoms with van der Waals surface area (Å²) in [4.78, 5) is 15.9. The molecule has 1 aromatic heterocycles. The van der Waals surface area contributed by atoms with E-state index in [1.165, 1.54) is 10.1 Å². The van der Waals surface area contributed by atoms with Crippen LogP contribution in [0.3, 0.4) is 0 Å². The smallest absolute Gasteiger partial charge is 0.260 e. The average Bonchev–Trinajstić information content (AvgIpc) is 2.23. The van der Waals surface area contributed by atoms with E-state index >= 15 is 0 Å². The van der Waals surface area contributed by atoms with Crippen molar-refractivity contribution in [2.45, 2.75) is 13.3 Å². The van der Waals surface area contributed by atoms with E-state index in [2.05, 4.69) is 11.9 Å². The molecule has 0 aliphatic rings. The minimum atomic E-state index is 0.0188. The summed E-state index contributed by atoms with van der Waals surface area (Å²) in [7, 11) is 1.72. The van der Waals surface area contributed by atoms with Gasteiger partial charge in [0.25, 0.3) is 5.56 Å². The number of rotatable bonds is 1. The van der Waals surface area contributed by atoms with Crippen molar-refractivity contribution in [3.05, 3.63) is 40.4 Å². The Hall–Kier alpha value is -1.64. The highest BCUT2D eigenvalue weighted by Gasteiger charge is 2.01. The van der Waals surface area contributed by atoms with Crippen molar-refractivity contribution in [2.75, 3.05) is 0 Å². The fraction of sp³-hybridized carbons (Fsp3) is 0.273. The van der Waals surface area contributed by atoms with Gasteiger partial charge in [-0.15, -0.1) is 0 Å². The molecule has 0 radical (unpaired) electrons. The molecule has 0 aliphatic heterocycles. The number of hydrogen-bond donors (Lipinski definition) is 0. The number of benzene rings is 1. The summed E-state index contributed by atoms with van der Waals surface area (Å²) in [5, 5.41) is 0.703. The third-order valence-corrected chi connectivity index (χ3v) is 2.39. The van der Waals surface area contributed by atoms with Gasteiger partial charge in [-0.1, -0.05) is 13.0 Å². The van der Waals surface area contributed by atoms with Gasteiger partial charge in [-0.25, -0.2) is 4.98 Å². The molecule has 3 heteroatoms. The van der Waals surface area contributed by atoms with Gasteiger partial charge in [0.15, 0.2) is 0 Å². The Bertz CT molecular complexity index is 528. The fourth-order valence-electron chi connectivity index (χ4n) is 1.48. The third-order valence-electron chi connectivity index (χ3n) is 2.39. The van der Waals surface area contributed by atoms with Gasteiger partial charge < -0.3 is 4.57 Å². The summed E-state index contributed by atoms with van der Waals surface area (Å²) in [5.41, 5.74) is 1.96. The molecule has 0 saturated carbocycles. The molecule has 2 aromatic rings. The van der Waals surface area contributed by atoms with Crippen molar-refractivity contribution in [3.8, 4) is 0 Å². The summed E-state index contributed by atoms with van der Waals surface area (Å²) in [6.45, 7) is 2.07. The second-order valence-electron chi connectivity index (χ2n) is 3.37. The van der Waals surface area contributed by atoms with E-state index < -0.39 is 0 Å². The van der Waals surface area contributed by atoms with Gasteiger partial charge in [0, 0.05) is 7.05 Å². The van der Waals surface area contributed by atoms with Crippen molar-refractivity contribution >= 4 is 10.9 Å². The molecule has 0 bridgehead atoms. The Kier molecular flexibility index (Phi) is 2.08. The minimum absolute atomic E-state index is 0.0188. The molecule has 0 atom stereocenters. The van der Waals surface area contributed by atoms with Gasteiger partial charge in [-0.05, 0) is 24.1 Å². The molecule has 2 rings (SSSR count). The highest BCUT2D eigenvalue weighted by molar-refractivity contribution is 5.77. The highest BCUT2D eigenvalue weighted by atomic mass is 16.1. The maximum atomic E-state index is 11.7. The van der Waals surface area contributed by atoms with Crippen molar-refractivity contribution in [3.63, 3.8) is 0 Å². The lowest BCUT2D eigenvalue weighted by Gasteiger charge is -2.01. The topological polar surface area (TPSA) is 34.9 Å². The van der Waals surface area contributed by atoms with Crippen LogP contribution in [0.15, 0.2) is 29.3 Å². The molecule has 14 heavy (non-hydrogen) atoms. The molecule has 3 nitrogen and oxygen atoms in total. The maximum Gasteiger partial charge on any atom is 0.260 e. The molecule has 0 spiro atoms. The van der Waals surface area contributed by atoms with Crippen LogP contribution in [0.4, 0.5) is 0 Å². The Labute approximate surface area is 82.0 Å². The third kappa shape index (κ3) is 1.31. The summed E-state index contributed by atoms with van der Waals surface area (Å²) >= 11 is 0. The van der Waals surface area contributed by atoms with Crippen LogP contribution in [0.2, 0.25) is 0 Å². The van der Waals surface area contributed by atoms with E-state index in [9.17, 15) is 4.79 Å². The van der Waals surface area contributed by atoms with Crippen LogP contribution in [0, 0.1) is 0 Å². The van der Waals surface area contributed by atoms with E-state index in [1.54, 1.807) is 13.4 Å². The zero-order valence-corrected chi connectivity index (χ0v) is 8.32. The zero-order chi connectivity index (χ0) is 10.1. The molecule has 0 aliphatic carbocycles. The molecular weight excluding hydrogens is 176 g/mol. The lowest BCUT2D eigenvalue weighted by Crippen LogP contribution is -2.16. The second kappa shape index (κ2) is 3.25. The molecule has 0 saturated heterocycles. The van der Waals surface area contributed by atoms with E-state index in [0.717, 1.165) is 11.9 Å². The quantitative estimate of drug-likeness (QED) is 0.679. The van der Waals surface area contributed by atoms with Crippen LogP contribution in [-0.2, 0) is 13.5 Å². The summed E-state index contributed by atoms with van der Waals surface area (Å²) < 4.78 is 1.50. The largest absolute Gasteiger partial charge is 0.302 e. The standard InChI is InChI=1S/C11H12N2O/c1-3-8-4-5-10-9(6-8)11(14)13(2)7-12-10/h4-7H,3H2,1-2H3. The number of nitrogens with zero attached hydrogens (tertiary/aromatic N) is 2. The van der Waals surface area contributed by atoms with Crippen molar-refractivity contribution in [1.29, 1.82) is 0 Å². The fourth-order valence-corrected chi connectivity index (χ4v) is 1.48. The first-order chi connectivity index (χ1) is 6.72. The SMILES string of the molecule is CCc1ccc2ncn(C)c(=O)c2c1. The highest BCUT2D eigenvalue weighted by Crippen LogP contribution is 2.09. The van der Waals surface area contributed by atoms with E-state index in [-0.39, 0.29) is 5.56 Å². The monoisotopic (exact) mass is 188 g/mol. The van der Waals surface area contributed by atoms with Crippen molar-refractivity contribution in [2.24, 2.45) is 7.05 Å². The Balaban J connectivity index is 2.85. The first-order valence-electron chi connectivity index (χ1n) is 4.66. The maximum absolute atomic E-state index is 11.7. The number of fused-ring (bicyclic) bond motifs is 1. The first kappa shape index (κ1) is 8.94. The van der Waals surface area contributed by atoms with Gasteiger partial charge in [-0.2, -0.15) is 0 Å². The predicted octanol–water partition coefficient (Wildman–Crippen LogP) is 1.50. The van der Waals surface area contributed by atoms with Gasteiger partial charge >= 0.3 is 0 Å². The second-order valence-corrected chi connectivity index (χ2v) is 3.37. The van der Waals surface area contributed by atoms with E-state index in [0.29, 0.717) is 5.39 Å². The van der Waals surface area contributed by atoms with Crippen molar-refractivity contribution in [1.82, 2.24) is 9.55 Å². The number of hydrogen-bond acceptors (Lipinski definition) is 2. The number of aromatic nitrogens is 2. The zero-order valence-electron chi connectivity index (χ0n) is 8.32. The van der Waals surface area contributed by atoms with Gasteiger partial charge in [0.2, 0.25) is 0 Å². The molecule has 0 unspecified atom stereocenters.